The molecule has 0 aliphatic heterocycles. The van der Waals surface area contributed by atoms with Gasteiger partial charge in [-0.1, -0.05) is 153 Å². The summed E-state index contributed by atoms with van der Waals surface area (Å²) in [4.78, 5) is 51.1. The molecule has 0 aromatic rings. The van der Waals surface area contributed by atoms with Gasteiger partial charge in [0.25, 0.3) is 0 Å². The Balaban J connectivity index is 4.60. The van der Waals surface area contributed by atoms with Crippen molar-refractivity contribution in [2.75, 3.05) is 19.8 Å². The van der Waals surface area contributed by atoms with Crippen molar-refractivity contribution in [2.45, 2.75) is 221 Å². The molecule has 0 bridgehead atoms. The maximum Gasteiger partial charge on any atom is 0.319 e. The lowest BCUT2D eigenvalue weighted by Gasteiger charge is -2.23. The van der Waals surface area contributed by atoms with Crippen LogP contribution < -0.4 is 0 Å². The average molecular weight is 813 g/mol. The fourth-order valence-electron chi connectivity index (χ4n) is 6.38. The zero-order chi connectivity index (χ0) is 42.8. The van der Waals surface area contributed by atoms with E-state index >= 15 is 0 Å². The van der Waals surface area contributed by atoms with Gasteiger partial charge in [0, 0.05) is 19.3 Å². The Hall–Kier alpha value is -2.96. The predicted octanol–water partition coefficient (Wildman–Crippen LogP) is 14.4. The molecule has 0 aromatic carbocycles. The molecule has 0 saturated heterocycles. The minimum atomic E-state index is -1.27. The summed E-state index contributed by atoms with van der Waals surface area (Å²) < 4.78 is 16.8. The highest BCUT2D eigenvalue weighted by Gasteiger charge is 2.37. The number of hydrogen-bond acceptors (Lipinski definition) is 7. The Bertz CT molecular complexity index is 1070. The second-order valence-electron chi connectivity index (χ2n) is 16.7. The highest BCUT2D eigenvalue weighted by atomic mass is 16.6. The van der Waals surface area contributed by atoms with Crippen LogP contribution in [0.2, 0.25) is 0 Å². The van der Waals surface area contributed by atoms with Crippen molar-refractivity contribution in [2.24, 2.45) is 11.3 Å². The lowest BCUT2D eigenvalue weighted by atomic mass is 9.85. The van der Waals surface area contributed by atoms with E-state index in [0.717, 1.165) is 116 Å². The highest BCUT2D eigenvalue weighted by molar-refractivity contribution is 6.02. The number of allylic oxidation sites excluding steroid dienone is 8. The SMILES string of the molecule is CCCCC/C=C\C/C=C\CCCCCCCC(=O)OCC(COC(=O)CCCCCCC/C=C\C/C=C\CCCCC)COC(=O)C(C)(C)C(=O)CCCCCC. The number of ketones is 1. The van der Waals surface area contributed by atoms with Gasteiger partial charge in [0.05, 0.1) is 5.92 Å². The summed E-state index contributed by atoms with van der Waals surface area (Å²) in [6.07, 6.45) is 47.4. The molecular formula is C51H88O7. The van der Waals surface area contributed by atoms with Crippen LogP contribution in [0, 0.1) is 11.3 Å². The molecule has 7 nitrogen and oxygen atoms in total. The zero-order valence-corrected chi connectivity index (χ0v) is 38.2. The molecule has 334 valence electrons. The van der Waals surface area contributed by atoms with Crippen LogP contribution in [0.1, 0.15) is 221 Å². The normalized spacial score (nSPS) is 12.2. The number of hydrogen-bond donors (Lipinski definition) is 0. The van der Waals surface area contributed by atoms with Crippen LogP contribution in [-0.4, -0.2) is 43.5 Å². The lowest BCUT2D eigenvalue weighted by molar-refractivity contribution is -0.162. The van der Waals surface area contributed by atoms with Gasteiger partial charge in [0.15, 0.2) is 0 Å². The lowest BCUT2D eigenvalue weighted by Crippen LogP contribution is -2.37. The first kappa shape index (κ1) is 55.0. The first-order valence-corrected chi connectivity index (χ1v) is 23.8. The van der Waals surface area contributed by atoms with Crippen LogP contribution in [0.25, 0.3) is 0 Å². The van der Waals surface area contributed by atoms with E-state index in [1.165, 1.54) is 51.4 Å². The number of ether oxygens (including phenoxy) is 3. The molecule has 0 N–H and O–H groups in total. The van der Waals surface area contributed by atoms with Gasteiger partial charge in [-0.15, -0.1) is 0 Å². The van der Waals surface area contributed by atoms with Gasteiger partial charge in [-0.2, -0.15) is 0 Å². The van der Waals surface area contributed by atoms with Crippen LogP contribution in [0.3, 0.4) is 0 Å². The summed E-state index contributed by atoms with van der Waals surface area (Å²) in [5.41, 5.74) is -1.27. The van der Waals surface area contributed by atoms with Crippen molar-refractivity contribution < 1.29 is 33.4 Å². The van der Waals surface area contributed by atoms with E-state index in [1.807, 2.05) is 0 Å². The number of Topliss-reactive ketones (excluding diaryl/α,β-unsaturated/α-hetero) is 1. The molecule has 0 fully saturated rings. The molecule has 0 saturated carbocycles. The summed E-state index contributed by atoms with van der Waals surface area (Å²) in [6, 6.07) is 0. The number of carbonyl (C=O) groups is 4. The van der Waals surface area contributed by atoms with E-state index in [9.17, 15) is 19.2 Å². The summed E-state index contributed by atoms with van der Waals surface area (Å²) in [5, 5.41) is 0. The standard InChI is InChI=1S/C51H88O7/c1-6-9-12-15-17-19-21-23-25-27-29-31-33-35-38-41-48(53)56-43-46(45-58-50(55)51(4,5)47(52)40-37-14-11-8-3)44-57-49(54)42-39-36-34-32-30-28-26-24-22-20-18-16-13-10-7-2/h17-20,23-26,46H,6-16,21-22,27-45H2,1-5H3/b19-17-,20-18-,25-23-,26-24-. The number of rotatable bonds is 41. The first-order valence-electron chi connectivity index (χ1n) is 23.8. The van der Waals surface area contributed by atoms with Crippen molar-refractivity contribution in [3.05, 3.63) is 48.6 Å². The first-order chi connectivity index (χ1) is 28.2. The Morgan fingerprint density at radius 3 is 1.17 bits per heavy atom. The van der Waals surface area contributed by atoms with Gasteiger partial charge >= 0.3 is 17.9 Å². The van der Waals surface area contributed by atoms with Crippen LogP contribution in [-0.2, 0) is 33.4 Å². The van der Waals surface area contributed by atoms with E-state index in [2.05, 4.69) is 69.4 Å². The number of unbranched alkanes of at least 4 members (excludes halogenated alkanes) is 19. The van der Waals surface area contributed by atoms with Gasteiger partial charge < -0.3 is 14.2 Å². The summed E-state index contributed by atoms with van der Waals surface area (Å²) >= 11 is 0. The summed E-state index contributed by atoms with van der Waals surface area (Å²) in [5.74, 6) is -1.87. The molecule has 0 spiro atoms. The minimum Gasteiger partial charge on any atom is -0.465 e. The third-order valence-corrected chi connectivity index (χ3v) is 10.5. The zero-order valence-electron chi connectivity index (χ0n) is 38.2. The Kier molecular flexibility index (Phi) is 38.7. The monoisotopic (exact) mass is 813 g/mol. The second kappa shape index (κ2) is 40.8. The maximum atomic E-state index is 13.0. The molecule has 0 atom stereocenters. The summed E-state index contributed by atoms with van der Waals surface area (Å²) in [6.45, 7) is 9.64. The fraction of sp³-hybridized carbons (Fsp3) is 0.765. The number of esters is 3. The molecule has 0 rings (SSSR count). The van der Waals surface area contributed by atoms with Crippen molar-refractivity contribution >= 4 is 23.7 Å². The molecule has 0 aliphatic carbocycles. The number of carbonyl (C=O) groups excluding carboxylic acids is 4. The predicted molar refractivity (Wildman–Crippen MR) is 243 cm³/mol. The summed E-state index contributed by atoms with van der Waals surface area (Å²) in [7, 11) is 0. The van der Waals surface area contributed by atoms with E-state index in [0.29, 0.717) is 19.3 Å². The quantitative estimate of drug-likeness (QED) is 0.0199. The molecule has 0 unspecified atom stereocenters. The third kappa shape index (κ3) is 35.0. The van der Waals surface area contributed by atoms with Crippen LogP contribution in [0.4, 0.5) is 0 Å². The molecule has 58 heavy (non-hydrogen) atoms. The fourth-order valence-corrected chi connectivity index (χ4v) is 6.38. The molecular weight excluding hydrogens is 725 g/mol. The van der Waals surface area contributed by atoms with Crippen molar-refractivity contribution in [3.63, 3.8) is 0 Å². The van der Waals surface area contributed by atoms with Gasteiger partial charge in [-0.05, 0) is 97.3 Å². The molecule has 0 aliphatic rings. The van der Waals surface area contributed by atoms with E-state index in [4.69, 9.17) is 14.2 Å². The smallest absolute Gasteiger partial charge is 0.319 e. The topological polar surface area (TPSA) is 96.0 Å². The van der Waals surface area contributed by atoms with Crippen molar-refractivity contribution in [3.8, 4) is 0 Å². The van der Waals surface area contributed by atoms with E-state index in [1.54, 1.807) is 13.8 Å². The Morgan fingerprint density at radius 1 is 0.414 bits per heavy atom. The second-order valence-corrected chi connectivity index (χ2v) is 16.7. The highest BCUT2D eigenvalue weighted by Crippen LogP contribution is 2.23. The van der Waals surface area contributed by atoms with Gasteiger partial charge in [0.1, 0.15) is 31.0 Å². The Labute approximate surface area is 356 Å². The average Bonchev–Trinajstić information content (AvgIpc) is 3.21. The van der Waals surface area contributed by atoms with Crippen LogP contribution in [0.15, 0.2) is 48.6 Å². The van der Waals surface area contributed by atoms with Crippen molar-refractivity contribution in [1.82, 2.24) is 0 Å². The van der Waals surface area contributed by atoms with Gasteiger partial charge in [-0.3, -0.25) is 19.2 Å². The van der Waals surface area contributed by atoms with E-state index < -0.39 is 17.3 Å². The minimum absolute atomic E-state index is 0.0191. The molecule has 0 radical (unpaired) electrons. The third-order valence-electron chi connectivity index (χ3n) is 10.5. The van der Waals surface area contributed by atoms with Crippen LogP contribution in [0.5, 0.6) is 0 Å². The molecule has 0 aromatic heterocycles. The van der Waals surface area contributed by atoms with Crippen molar-refractivity contribution in [1.29, 1.82) is 0 Å². The molecule has 0 amide bonds. The molecule has 7 heteroatoms. The Morgan fingerprint density at radius 2 is 0.741 bits per heavy atom. The van der Waals surface area contributed by atoms with Crippen LogP contribution >= 0.6 is 0 Å². The van der Waals surface area contributed by atoms with Gasteiger partial charge in [-0.25, -0.2) is 0 Å². The maximum absolute atomic E-state index is 13.0. The molecule has 0 heterocycles. The largest absolute Gasteiger partial charge is 0.465 e. The van der Waals surface area contributed by atoms with E-state index in [-0.39, 0.29) is 37.5 Å². The van der Waals surface area contributed by atoms with Gasteiger partial charge in [0.2, 0.25) is 0 Å².